The van der Waals surface area contributed by atoms with Crippen molar-refractivity contribution in [3.8, 4) is 17.2 Å². The van der Waals surface area contributed by atoms with Gasteiger partial charge in [-0.25, -0.2) is 4.98 Å². The number of carbonyl (C=O) groups is 1. The Bertz CT molecular complexity index is 1360. The molecule has 8 nitrogen and oxygen atoms in total. The summed E-state index contributed by atoms with van der Waals surface area (Å²) in [5.74, 6) is 1.22. The Morgan fingerprint density at radius 3 is 2.45 bits per heavy atom. The van der Waals surface area contributed by atoms with Gasteiger partial charge in [-0.1, -0.05) is 36.4 Å². The summed E-state index contributed by atoms with van der Waals surface area (Å²) in [6.07, 6.45) is -0.623. The predicted octanol–water partition coefficient (Wildman–Crippen LogP) is 4.11. The summed E-state index contributed by atoms with van der Waals surface area (Å²) >= 11 is 0. The molecule has 0 saturated carbocycles. The van der Waals surface area contributed by atoms with Crippen molar-refractivity contribution in [3.05, 3.63) is 77.9 Å². The molecule has 8 heteroatoms. The average molecular weight is 515 g/mol. The van der Waals surface area contributed by atoms with E-state index in [2.05, 4.69) is 20.1 Å². The molecule has 1 atom stereocenters. The highest BCUT2D eigenvalue weighted by atomic mass is 16.5. The second kappa shape index (κ2) is 11.8. The zero-order valence-electron chi connectivity index (χ0n) is 21.9. The van der Waals surface area contributed by atoms with E-state index in [4.69, 9.17) is 9.15 Å². The summed E-state index contributed by atoms with van der Waals surface area (Å²) in [7, 11) is 0. The molecule has 1 fully saturated rings. The highest BCUT2D eigenvalue weighted by Gasteiger charge is 2.21. The molecular weight excluding hydrogens is 480 g/mol. The Balaban J connectivity index is 1.06. The van der Waals surface area contributed by atoms with Gasteiger partial charge in [0.05, 0.1) is 6.54 Å². The smallest absolute Gasteiger partial charge is 0.238 e. The van der Waals surface area contributed by atoms with Gasteiger partial charge < -0.3 is 19.6 Å². The Morgan fingerprint density at radius 1 is 1.00 bits per heavy atom. The van der Waals surface area contributed by atoms with Gasteiger partial charge in [-0.2, -0.15) is 0 Å². The number of β-amino-alcohol motifs (C(OH)–C–C–N with tert-alkyl or cyclic N) is 1. The molecule has 1 aliphatic rings. The van der Waals surface area contributed by atoms with E-state index in [1.165, 1.54) is 0 Å². The molecule has 0 aliphatic carbocycles. The summed E-state index contributed by atoms with van der Waals surface area (Å²) in [6, 6.07) is 21.3. The van der Waals surface area contributed by atoms with Crippen molar-refractivity contribution in [2.75, 3.05) is 51.2 Å². The van der Waals surface area contributed by atoms with Gasteiger partial charge in [-0.05, 0) is 49.2 Å². The van der Waals surface area contributed by atoms with E-state index in [1.54, 1.807) is 0 Å². The number of aryl methyl sites for hydroxylation is 2. The van der Waals surface area contributed by atoms with E-state index in [0.717, 1.165) is 48.6 Å². The number of aromatic nitrogens is 1. The molecule has 38 heavy (non-hydrogen) atoms. The number of amides is 1. The second-order valence-corrected chi connectivity index (χ2v) is 9.87. The third-order valence-electron chi connectivity index (χ3n) is 6.87. The maximum atomic E-state index is 12.6. The second-order valence-electron chi connectivity index (χ2n) is 9.87. The molecule has 5 rings (SSSR count). The van der Waals surface area contributed by atoms with Crippen molar-refractivity contribution in [3.63, 3.8) is 0 Å². The summed E-state index contributed by atoms with van der Waals surface area (Å²) < 4.78 is 11.7. The van der Waals surface area contributed by atoms with Gasteiger partial charge >= 0.3 is 0 Å². The maximum absolute atomic E-state index is 12.6. The molecule has 3 aromatic carbocycles. The lowest BCUT2D eigenvalue weighted by Crippen LogP contribution is -2.50. The van der Waals surface area contributed by atoms with Crippen molar-refractivity contribution >= 4 is 22.7 Å². The first-order valence-corrected chi connectivity index (χ1v) is 13.0. The minimum absolute atomic E-state index is 0.00394. The zero-order valence-corrected chi connectivity index (χ0v) is 21.9. The quantitative estimate of drug-likeness (QED) is 0.347. The van der Waals surface area contributed by atoms with Crippen LogP contribution in [0.3, 0.4) is 0 Å². The van der Waals surface area contributed by atoms with Gasteiger partial charge in [0.25, 0.3) is 0 Å². The van der Waals surface area contributed by atoms with Crippen LogP contribution in [0, 0.1) is 13.8 Å². The number of hydrogen-bond donors (Lipinski definition) is 2. The van der Waals surface area contributed by atoms with Gasteiger partial charge in [-0.15, -0.1) is 0 Å². The van der Waals surface area contributed by atoms with Crippen LogP contribution in [0.25, 0.3) is 22.6 Å². The van der Waals surface area contributed by atoms with Crippen LogP contribution in [0.15, 0.2) is 71.1 Å². The highest BCUT2D eigenvalue weighted by molar-refractivity contribution is 5.93. The predicted molar refractivity (Wildman–Crippen MR) is 148 cm³/mol. The van der Waals surface area contributed by atoms with Crippen molar-refractivity contribution in [1.82, 2.24) is 14.8 Å². The van der Waals surface area contributed by atoms with Crippen LogP contribution >= 0.6 is 0 Å². The maximum Gasteiger partial charge on any atom is 0.238 e. The molecule has 198 valence electrons. The SMILES string of the molecule is Cc1cccc(C)c1NC(=O)CN1CCN(CC(O)COc2ccc3oc(-c4ccccc4)nc3c2)CC1. The third kappa shape index (κ3) is 6.39. The number of benzene rings is 3. The summed E-state index contributed by atoms with van der Waals surface area (Å²) in [4.78, 5) is 21.5. The number of piperazine rings is 1. The highest BCUT2D eigenvalue weighted by Crippen LogP contribution is 2.27. The van der Waals surface area contributed by atoms with Crippen molar-refractivity contribution in [2.45, 2.75) is 20.0 Å². The Labute approximate surface area is 222 Å². The molecule has 4 aromatic rings. The molecule has 0 bridgehead atoms. The molecule has 2 N–H and O–H groups in total. The van der Waals surface area contributed by atoms with Crippen LogP contribution in [0.5, 0.6) is 5.75 Å². The zero-order chi connectivity index (χ0) is 26.5. The first-order chi connectivity index (χ1) is 18.4. The van der Waals surface area contributed by atoms with Gasteiger partial charge in [0.2, 0.25) is 11.8 Å². The number of para-hydroxylation sites is 1. The van der Waals surface area contributed by atoms with Crippen LogP contribution in [0.1, 0.15) is 11.1 Å². The number of aliphatic hydroxyl groups is 1. The minimum atomic E-state index is -0.623. The summed E-state index contributed by atoms with van der Waals surface area (Å²) in [5.41, 5.74) is 5.36. The molecule has 1 aromatic heterocycles. The lowest BCUT2D eigenvalue weighted by atomic mass is 10.1. The van der Waals surface area contributed by atoms with Crippen LogP contribution in [-0.2, 0) is 4.79 Å². The fourth-order valence-corrected chi connectivity index (χ4v) is 4.77. The monoisotopic (exact) mass is 514 g/mol. The van der Waals surface area contributed by atoms with Crippen LogP contribution < -0.4 is 10.1 Å². The number of oxazole rings is 1. The number of nitrogens with one attached hydrogen (secondary N) is 1. The van der Waals surface area contributed by atoms with E-state index in [-0.39, 0.29) is 12.5 Å². The molecular formula is C30H34N4O4. The number of fused-ring (bicyclic) bond motifs is 1. The molecule has 1 saturated heterocycles. The van der Waals surface area contributed by atoms with Crippen LogP contribution in [0.2, 0.25) is 0 Å². The lowest BCUT2D eigenvalue weighted by Gasteiger charge is -2.35. The van der Waals surface area contributed by atoms with E-state index < -0.39 is 6.10 Å². The fourth-order valence-electron chi connectivity index (χ4n) is 4.77. The Morgan fingerprint density at radius 2 is 1.71 bits per heavy atom. The van der Waals surface area contributed by atoms with Gasteiger partial charge in [-0.3, -0.25) is 14.6 Å². The van der Waals surface area contributed by atoms with Gasteiger partial charge in [0.1, 0.15) is 24.0 Å². The first kappa shape index (κ1) is 25.9. The lowest BCUT2D eigenvalue weighted by molar-refractivity contribution is -0.117. The van der Waals surface area contributed by atoms with Crippen molar-refractivity contribution in [2.24, 2.45) is 0 Å². The number of hydrogen-bond acceptors (Lipinski definition) is 7. The molecule has 2 heterocycles. The van der Waals surface area contributed by atoms with Crippen molar-refractivity contribution in [1.29, 1.82) is 0 Å². The molecule has 1 aliphatic heterocycles. The third-order valence-corrected chi connectivity index (χ3v) is 6.87. The number of anilines is 1. The number of ether oxygens (including phenoxy) is 1. The van der Waals surface area contributed by atoms with E-state index >= 15 is 0 Å². The number of nitrogens with zero attached hydrogens (tertiary/aromatic N) is 3. The van der Waals surface area contributed by atoms with Gasteiger partial charge in [0.15, 0.2) is 5.58 Å². The molecule has 1 amide bonds. The van der Waals surface area contributed by atoms with E-state index in [9.17, 15) is 9.90 Å². The van der Waals surface area contributed by atoms with Gasteiger partial charge in [0, 0.05) is 50.0 Å². The number of rotatable bonds is 9. The summed E-state index contributed by atoms with van der Waals surface area (Å²) in [5, 5.41) is 13.6. The Kier molecular flexibility index (Phi) is 8.03. The summed E-state index contributed by atoms with van der Waals surface area (Å²) in [6.45, 7) is 8.22. The Hall–Kier alpha value is -3.72. The normalized spacial score (nSPS) is 15.4. The molecule has 1 unspecified atom stereocenters. The number of aliphatic hydroxyl groups excluding tert-OH is 1. The molecule has 0 radical (unpaired) electrons. The standard InChI is InChI=1S/C30H34N4O4/c1-21-7-6-8-22(2)29(21)32-28(36)19-34-15-13-33(14-16-34)18-24(35)20-37-25-11-12-27-26(17-25)31-30(38-27)23-9-4-3-5-10-23/h3-12,17,24,35H,13-16,18-20H2,1-2H3,(H,32,36). The topological polar surface area (TPSA) is 91.1 Å². The van der Waals surface area contributed by atoms with E-state index in [1.807, 2.05) is 80.6 Å². The average Bonchev–Trinajstić information content (AvgIpc) is 3.35. The fraction of sp³-hybridized carbons (Fsp3) is 0.333. The van der Waals surface area contributed by atoms with Crippen LogP contribution in [-0.4, -0.2) is 77.8 Å². The largest absolute Gasteiger partial charge is 0.491 e. The van der Waals surface area contributed by atoms with E-state index in [0.29, 0.717) is 35.8 Å². The first-order valence-electron chi connectivity index (χ1n) is 13.0. The van der Waals surface area contributed by atoms with Crippen LogP contribution in [0.4, 0.5) is 5.69 Å². The minimum Gasteiger partial charge on any atom is -0.491 e. The molecule has 0 spiro atoms. The van der Waals surface area contributed by atoms with Crippen molar-refractivity contribution < 1.29 is 19.1 Å². The number of carbonyl (C=O) groups excluding carboxylic acids is 1.